The van der Waals surface area contributed by atoms with Crippen molar-refractivity contribution in [3.05, 3.63) is 11.7 Å². The third kappa shape index (κ3) is 2.72. The third-order valence-electron chi connectivity index (χ3n) is 4.01. The Kier molecular flexibility index (Phi) is 3.35. The Balaban J connectivity index is 1.57. The topological polar surface area (TPSA) is 62.4 Å². The van der Waals surface area contributed by atoms with E-state index < -0.39 is 0 Å². The fourth-order valence-electron chi connectivity index (χ4n) is 2.66. The van der Waals surface area contributed by atoms with Crippen LogP contribution in [0.4, 0.5) is 0 Å². The van der Waals surface area contributed by atoms with Gasteiger partial charge in [0, 0.05) is 12.5 Å². The summed E-state index contributed by atoms with van der Waals surface area (Å²) in [6.45, 7) is 4.60. The zero-order valence-corrected chi connectivity index (χ0v) is 10.9. The first kappa shape index (κ1) is 12.1. The molecule has 0 aromatic carbocycles. The van der Waals surface area contributed by atoms with Crippen LogP contribution in [0.1, 0.15) is 50.2 Å². The highest BCUT2D eigenvalue weighted by atomic mass is 16.5. The smallest absolute Gasteiger partial charge is 0.240 e. The van der Waals surface area contributed by atoms with Crippen molar-refractivity contribution in [2.45, 2.75) is 51.2 Å². The van der Waals surface area contributed by atoms with Crippen molar-refractivity contribution in [1.82, 2.24) is 15.0 Å². The van der Waals surface area contributed by atoms with E-state index in [1.54, 1.807) is 0 Å². The fourth-order valence-corrected chi connectivity index (χ4v) is 2.66. The second-order valence-corrected chi connectivity index (χ2v) is 5.70. The van der Waals surface area contributed by atoms with Gasteiger partial charge in [0.2, 0.25) is 5.89 Å². The second kappa shape index (κ2) is 4.97. The highest BCUT2D eigenvalue weighted by molar-refractivity contribution is 5.03. The Morgan fingerprint density at radius 3 is 3.00 bits per heavy atom. The number of aromatic nitrogens is 2. The van der Waals surface area contributed by atoms with Gasteiger partial charge < -0.3 is 9.63 Å². The lowest BCUT2D eigenvalue weighted by Gasteiger charge is -2.33. The summed E-state index contributed by atoms with van der Waals surface area (Å²) in [5.41, 5.74) is 0. The summed E-state index contributed by atoms with van der Waals surface area (Å²) in [6.07, 6.45) is 4.43. The van der Waals surface area contributed by atoms with Crippen LogP contribution >= 0.6 is 0 Å². The molecule has 0 bridgehead atoms. The quantitative estimate of drug-likeness (QED) is 0.879. The number of piperidine rings is 1. The number of likely N-dealkylation sites (tertiary alicyclic amines) is 1. The fraction of sp³-hybridized carbons (Fsp3) is 0.846. The van der Waals surface area contributed by atoms with Crippen LogP contribution in [0.15, 0.2) is 4.52 Å². The lowest BCUT2D eigenvalue weighted by atomic mass is 9.93. The molecule has 0 spiro atoms. The van der Waals surface area contributed by atoms with E-state index >= 15 is 0 Å². The molecule has 2 fully saturated rings. The lowest BCUT2D eigenvalue weighted by molar-refractivity contribution is 0.0556. The summed E-state index contributed by atoms with van der Waals surface area (Å²) in [5.74, 6) is 2.54. The highest BCUT2D eigenvalue weighted by Gasteiger charge is 2.29. The molecule has 2 aliphatic rings. The molecule has 1 N–H and O–H groups in total. The molecule has 1 aromatic heterocycles. The second-order valence-electron chi connectivity index (χ2n) is 5.70. The molecular weight excluding hydrogens is 230 g/mol. The summed E-state index contributed by atoms with van der Waals surface area (Å²) < 4.78 is 5.30. The molecule has 3 rings (SSSR count). The molecule has 2 atom stereocenters. The number of nitrogens with zero attached hydrogens (tertiary/aromatic N) is 3. The van der Waals surface area contributed by atoms with Crippen LogP contribution in [0.25, 0.3) is 0 Å². The minimum Gasteiger partial charge on any atom is -0.393 e. The molecule has 1 saturated carbocycles. The SMILES string of the molecule is CC(O)C1CCCN(Cc2nc(C3CC3)no2)C1. The molecule has 5 nitrogen and oxygen atoms in total. The standard InChI is InChI=1S/C13H21N3O2/c1-9(17)11-3-2-6-16(7-11)8-12-14-13(15-18-12)10-4-5-10/h9-11,17H,2-8H2,1H3. The largest absolute Gasteiger partial charge is 0.393 e. The van der Waals surface area contributed by atoms with E-state index in [4.69, 9.17) is 4.52 Å². The van der Waals surface area contributed by atoms with Gasteiger partial charge in [0.1, 0.15) is 0 Å². The average molecular weight is 251 g/mol. The number of hydrogen-bond donors (Lipinski definition) is 1. The lowest BCUT2D eigenvalue weighted by Crippen LogP contribution is -2.39. The van der Waals surface area contributed by atoms with Crippen LogP contribution in [-0.2, 0) is 6.54 Å². The molecule has 1 aliphatic heterocycles. The van der Waals surface area contributed by atoms with Gasteiger partial charge in [-0.05, 0) is 45.1 Å². The van der Waals surface area contributed by atoms with Crippen LogP contribution in [0, 0.1) is 5.92 Å². The first-order chi connectivity index (χ1) is 8.72. The predicted octanol–water partition coefficient (Wildman–Crippen LogP) is 1.54. The molecule has 18 heavy (non-hydrogen) atoms. The minimum atomic E-state index is -0.225. The Morgan fingerprint density at radius 1 is 1.44 bits per heavy atom. The number of aliphatic hydroxyl groups excluding tert-OH is 1. The van der Waals surface area contributed by atoms with Crippen molar-refractivity contribution in [2.24, 2.45) is 5.92 Å². The molecule has 0 amide bonds. The first-order valence-corrected chi connectivity index (χ1v) is 6.95. The van der Waals surface area contributed by atoms with Crippen LogP contribution in [-0.4, -0.2) is 39.3 Å². The monoisotopic (exact) mass is 251 g/mol. The maximum atomic E-state index is 9.67. The predicted molar refractivity (Wildman–Crippen MR) is 66.0 cm³/mol. The molecule has 2 heterocycles. The van der Waals surface area contributed by atoms with Gasteiger partial charge in [0.25, 0.3) is 0 Å². The summed E-state index contributed by atoms with van der Waals surface area (Å²) >= 11 is 0. The van der Waals surface area contributed by atoms with Crippen LogP contribution in [0.3, 0.4) is 0 Å². The number of aliphatic hydroxyl groups is 1. The third-order valence-corrected chi connectivity index (χ3v) is 4.01. The normalized spacial score (nSPS) is 27.3. The zero-order chi connectivity index (χ0) is 12.5. The van der Waals surface area contributed by atoms with Crippen molar-refractivity contribution < 1.29 is 9.63 Å². The van der Waals surface area contributed by atoms with E-state index in [2.05, 4.69) is 15.0 Å². The average Bonchev–Trinajstić information content (AvgIpc) is 3.11. The van der Waals surface area contributed by atoms with Gasteiger partial charge in [-0.15, -0.1) is 0 Å². The Hall–Kier alpha value is -0.940. The van der Waals surface area contributed by atoms with Crippen molar-refractivity contribution >= 4 is 0 Å². The molecular formula is C13H21N3O2. The van der Waals surface area contributed by atoms with E-state index in [0.717, 1.165) is 44.2 Å². The highest BCUT2D eigenvalue weighted by Crippen LogP contribution is 2.38. The van der Waals surface area contributed by atoms with E-state index in [1.807, 2.05) is 6.92 Å². The number of hydrogen-bond acceptors (Lipinski definition) is 5. The Morgan fingerprint density at radius 2 is 2.28 bits per heavy atom. The van der Waals surface area contributed by atoms with E-state index in [0.29, 0.717) is 11.8 Å². The molecule has 100 valence electrons. The molecule has 0 radical (unpaired) electrons. The Bertz CT molecular complexity index is 401. The van der Waals surface area contributed by atoms with Gasteiger partial charge in [-0.25, -0.2) is 0 Å². The maximum absolute atomic E-state index is 9.67. The van der Waals surface area contributed by atoms with Crippen LogP contribution < -0.4 is 0 Å². The van der Waals surface area contributed by atoms with Gasteiger partial charge in [0.15, 0.2) is 5.82 Å². The van der Waals surface area contributed by atoms with Crippen molar-refractivity contribution in [1.29, 1.82) is 0 Å². The summed E-state index contributed by atoms with van der Waals surface area (Å²) in [6, 6.07) is 0. The van der Waals surface area contributed by atoms with E-state index in [-0.39, 0.29) is 6.10 Å². The first-order valence-electron chi connectivity index (χ1n) is 6.95. The summed E-state index contributed by atoms with van der Waals surface area (Å²) in [4.78, 5) is 6.76. The molecule has 1 saturated heterocycles. The van der Waals surface area contributed by atoms with Crippen molar-refractivity contribution in [3.8, 4) is 0 Å². The zero-order valence-electron chi connectivity index (χ0n) is 10.9. The van der Waals surface area contributed by atoms with Gasteiger partial charge in [-0.2, -0.15) is 4.98 Å². The molecule has 5 heteroatoms. The van der Waals surface area contributed by atoms with Gasteiger partial charge in [-0.3, -0.25) is 4.90 Å². The van der Waals surface area contributed by atoms with Crippen LogP contribution in [0.2, 0.25) is 0 Å². The Labute approximate surface area is 107 Å². The molecule has 1 aliphatic carbocycles. The van der Waals surface area contributed by atoms with Crippen LogP contribution in [0.5, 0.6) is 0 Å². The van der Waals surface area contributed by atoms with Gasteiger partial charge in [-0.1, -0.05) is 5.16 Å². The van der Waals surface area contributed by atoms with Crippen molar-refractivity contribution in [3.63, 3.8) is 0 Å². The van der Waals surface area contributed by atoms with E-state index in [9.17, 15) is 5.11 Å². The summed E-state index contributed by atoms with van der Waals surface area (Å²) in [7, 11) is 0. The van der Waals surface area contributed by atoms with E-state index in [1.165, 1.54) is 12.8 Å². The molecule has 1 aromatic rings. The summed E-state index contributed by atoms with van der Waals surface area (Å²) in [5, 5.41) is 13.7. The molecule has 2 unspecified atom stereocenters. The maximum Gasteiger partial charge on any atom is 0.240 e. The van der Waals surface area contributed by atoms with Gasteiger partial charge in [0.05, 0.1) is 12.6 Å². The number of rotatable bonds is 4. The van der Waals surface area contributed by atoms with Gasteiger partial charge >= 0.3 is 0 Å². The minimum absolute atomic E-state index is 0.225. The van der Waals surface area contributed by atoms with Crippen molar-refractivity contribution in [2.75, 3.05) is 13.1 Å².